The number of nitrogens with zero attached hydrogens (tertiary/aromatic N) is 3. The predicted molar refractivity (Wildman–Crippen MR) is 216 cm³/mol. The molecule has 0 bridgehead atoms. The third-order valence-corrected chi connectivity index (χ3v) is 12.9. The summed E-state index contributed by atoms with van der Waals surface area (Å²) in [7, 11) is 0. The number of thiophene rings is 1. The van der Waals surface area contributed by atoms with Gasteiger partial charge in [0.15, 0.2) is 5.65 Å². The van der Waals surface area contributed by atoms with Gasteiger partial charge in [0.25, 0.3) is 0 Å². The second kappa shape index (κ2) is 10.3. The van der Waals surface area contributed by atoms with E-state index in [2.05, 4.69) is 150 Å². The molecule has 1 aliphatic heterocycles. The Balaban J connectivity index is 1.12. The van der Waals surface area contributed by atoms with Gasteiger partial charge in [-0.2, -0.15) is 0 Å². The first-order valence-electron chi connectivity index (χ1n) is 17.1. The maximum Gasteiger partial charge on any atom is 0.156 e. The first-order valence-corrected chi connectivity index (χ1v) is 18.8. The second-order valence-electron chi connectivity index (χ2n) is 13.4. The molecule has 0 atom stereocenters. The van der Waals surface area contributed by atoms with Crippen LogP contribution in [-0.4, -0.2) is 14.4 Å². The number of benzene rings is 7. The van der Waals surface area contributed by atoms with E-state index in [9.17, 15) is 0 Å². The molecule has 0 fully saturated rings. The van der Waals surface area contributed by atoms with Gasteiger partial charge in [-0.05, 0) is 74.0 Å². The number of fused-ring (bicyclic) bond motifs is 12. The van der Waals surface area contributed by atoms with Crippen molar-refractivity contribution in [2.24, 2.45) is 0 Å². The zero-order valence-corrected chi connectivity index (χ0v) is 28.7. The molecule has 1 aliphatic rings. The zero-order valence-electron chi connectivity index (χ0n) is 27.1. The number of aromatic nitrogens is 3. The van der Waals surface area contributed by atoms with Gasteiger partial charge in [-0.25, -0.2) is 9.97 Å². The lowest BCUT2D eigenvalue weighted by atomic mass is 9.89. The summed E-state index contributed by atoms with van der Waals surface area (Å²) >= 11 is 3.63. The van der Waals surface area contributed by atoms with Crippen LogP contribution in [0.5, 0.6) is 0 Å². The Morgan fingerprint density at radius 2 is 1.31 bits per heavy atom. The van der Waals surface area contributed by atoms with E-state index in [1.165, 1.54) is 79.6 Å². The summed E-state index contributed by atoms with van der Waals surface area (Å²) in [4.78, 5) is 11.4. The molecule has 0 saturated heterocycles. The van der Waals surface area contributed by atoms with Crippen LogP contribution >= 0.6 is 23.1 Å². The number of pyridine rings is 2. The molecular formula is C46H25N3S2. The highest BCUT2D eigenvalue weighted by Gasteiger charge is 2.24. The van der Waals surface area contributed by atoms with Crippen molar-refractivity contribution >= 4 is 92.3 Å². The van der Waals surface area contributed by atoms with Gasteiger partial charge in [-0.3, -0.25) is 4.40 Å². The second-order valence-corrected chi connectivity index (χ2v) is 15.4. The highest BCUT2D eigenvalue weighted by atomic mass is 32.2. The standard InChI is InChI=1S/C46H25N3S2/c1-2-9-31-24-39-37(23-30(31)8-1)48-45-44-36(34-21-18-26-7-3-4-11-33(26)43(34)51-44)25-38(49(39)45)28-16-14-27(15-17-28)32-20-19-29-10-5-13-40-41(29)42(32)35-12-6-22-47-46(35)50-40/h1-25H. The maximum absolute atomic E-state index is 5.37. The number of hydrogen-bond acceptors (Lipinski definition) is 4. The Morgan fingerprint density at radius 1 is 0.529 bits per heavy atom. The smallest absolute Gasteiger partial charge is 0.156 e. The maximum atomic E-state index is 5.37. The van der Waals surface area contributed by atoms with Crippen LogP contribution in [0.15, 0.2) is 162 Å². The van der Waals surface area contributed by atoms with Gasteiger partial charge in [-0.1, -0.05) is 127 Å². The van der Waals surface area contributed by atoms with Gasteiger partial charge in [0.1, 0.15) is 5.03 Å². The molecule has 7 aromatic carbocycles. The summed E-state index contributed by atoms with van der Waals surface area (Å²) in [5.74, 6) is 0. The van der Waals surface area contributed by atoms with Crippen molar-refractivity contribution in [2.75, 3.05) is 0 Å². The summed E-state index contributed by atoms with van der Waals surface area (Å²) in [5, 5.41) is 11.1. The Hall–Kier alpha value is -6.01. The number of hydrogen-bond donors (Lipinski definition) is 0. The molecule has 3 nitrogen and oxygen atoms in total. The summed E-state index contributed by atoms with van der Waals surface area (Å²) in [5.41, 5.74) is 10.3. The first-order chi connectivity index (χ1) is 25.3. The first kappa shape index (κ1) is 27.8. The summed E-state index contributed by atoms with van der Waals surface area (Å²) in [6.07, 6.45) is 1.90. The summed E-state index contributed by atoms with van der Waals surface area (Å²) in [6, 6.07) is 53.3. The minimum atomic E-state index is 1.01. The highest BCUT2D eigenvalue weighted by Crippen LogP contribution is 2.51. The van der Waals surface area contributed by atoms with Gasteiger partial charge in [-0.15, -0.1) is 11.3 Å². The van der Waals surface area contributed by atoms with Crippen molar-refractivity contribution in [2.45, 2.75) is 9.92 Å². The Morgan fingerprint density at radius 3 is 2.22 bits per heavy atom. The Labute approximate surface area is 300 Å². The molecule has 0 unspecified atom stereocenters. The number of rotatable bonds is 2. The lowest BCUT2D eigenvalue weighted by Crippen LogP contribution is -1.97. The predicted octanol–water partition coefficient (Wildman–Crippen LogP) is 13.2. The van der Waals surface area contributed by atoms with E-state index in [-0.39, 0.29) is 0 Å². The molecule has 12 rings (SSSR count). The van der Waals surface area contributed by atoms with E-state index in [4.69, 9.17) is 9.97 Å². The van der Waals surface area contributed by atoms with Crippen LogP contribution in [0, 0.1) is 0 Å². The Kier molecular flexibility index (Phi) is 5.59. The molecule has 0 spiro atoms. The van der Waals surface area contributed by atoms with E-state index in [0.717, 1.165) is 33.0 Å². The van der Waals surface area contributed by atoms with Crippen LogP contribution in [-0.2, 0) is 0 Å². The molecule has 5 heterocycles. The minimum Gasteiger partial charge on any atom is -0.291 e. The molecule has 11 aromatic rings. The SMILES string of the molecule is c1cnc2c(c1)-c1c(-c3ccc(-c4cc5c6ccc7ccccc7c6sc5c5nc6cc7ccccc7cc6n45)cc3)ccc3cccc(c13)S2. The lowest BCUT2D eigenvalue weighted by Gasteiger charge is -2.22. The fraction of sp³-hybridized carbons (Fsp3) is 0. The van der Waals surface area contributed by atoms with Crippen LogP contribution in [0.2, 0.25) is 0 Å². The molecule has 0 N–H and O–H groups in total. The molecule has 51 heavy (non-hydrogen) atoms. The Bertz CT molecular complexity index is 3280. The van der Waals surface area contributed by atoms with E-state index in [1.807, 2.05) is 17.5 Å². The fourth-order valence-electron chi connectivity index (χ4n) is 8.26. The van der Waals surface area contributed by atoms with Crippen molar-refractivity contribution in [1.29, 1.82) is 0 Å². The van der Waals surface area contributed by atoms with Crippen LogP contribution < -0.4 is 0 Å². The summed E-state index contributed by atoms with van der Waals surface area (Å²) in [6.45, 7) is 0. The van der Waals surface area contributed by atoms with E-state index < -0.39 is 0 Å². The molecule has 0 aliphatic carbocycles. The summed E-state index contributed by atoms with van der Waals surface area (Å²) < 4.78 is 4.92. The van der Waals surface area contributed by atoms with E-state index in [1.54, 1.807) is 11.8 Å². The van der Waals surface area contributed by atoms with Gasteiger partial charge in [0.2, 0.25) is 0 Å². The van der Waals surface area contributed by atoms with E-state index in [0.29, 0.717) is 0 Å². The molecule has 0 amide bonds. The fourth-order valence-corrected chi connectivity index (χ4v) is 10.6. The monoisotopic (exact) mass is 683 g/mol. The highest BCUT2D eigenvalue weighted by molar-refractivity contribution is 7.99. The van der Waals surface area contributed by atoms with Crippen molar-refractivity contribution in [1.82, 2.24) is 14.4 Å². The number of imidazole rings is 1. The zero-order chi connectivity index (χ0) is 33.2. The third kappa shape index (κ3) is 3.90. The van der Waals surface area contributed by atoms with Gasteiger partial charge in [0.05, 0.1) is 21.4 Å². The topological polar surface area (TPSA) is 30.2 Å². The molecule has 5 heteroatoms. The molecule has 0 radical (unpaired) electrons. The third-order valence-electron chi connectivity index (χ3n) is 10.6. The van der Waals surface area contributed by atoms with Crippen molar-refractivity contribution in [3.8, 4) is 33.5 Å². The lowest BCUT2D eigenvalue weighted by molar-refractivity contribution is 1.13. The molecule has 236 valence electrons. The van der Waals surface area contributed by atoms with Gasteiger partial charge >= 0.3 is 0 Å². The minimum absolute atomic E-state index is 1.01. The largest absolute Gasteiger partial charge is 0.291 e. The van der Waals surface area contributed by atoms with Gasteiger partial charge in [0, 0.05) is 43.1 Å². The van der Waals surface area contributed by atoms with Crippen LogP contribution in [0.3, 0.4) is 0 Å². The normalized spacial score (nSPS) is 12.6. The van der Waals surface area contributed by atoms with Crippen molar-refractivity contribution < 1.29 is 0 Å². The average Bonchev–Trinajstić information content (AvgIpc) is 3.75. The van der Waals surface area contributed by atoms with Gasteiger partial charge < -0.3 is 0 Å². The molecular weight excluding hydrogens is 659 g/mol. The molecule has 0 saturated carbocycles. The van der Waals surface area contributed by atoms with Crippen molar-refractivity contribution in [3.63, 3.8) is 0 Å². The average molecular weight is 684 g/mol. The van der Waals surface area contributed by atoms with Crippen LogP contribution in [0.25, 0.3) is 103 Å². The molecule has 4 aromatic heterocycles. The van der Waals surface area contributed by atoms with Crippen molar-refractivity contribution in [3.05, 3.63) is 152 Å². The van der Waals surface area contributed by atoms with Crippen LogP contribution in [0.1, 0.15) is 0 Å². The van der Waals surface area contributed by atoms with Crippen LogP contribution in [0.4, 0.5) is 0 Å². The van der Waals surface area contributed by atoms with E-state index >= 15 is 0 Å². The quantitative estimate of drug-likeness (QED) is 0.182.